The van der Waals surface area contributed by atoms with Crippen molar-refractivity contribution >= 4 is 11.7 Å². The van der Waals surface area contributed by atoms with Gasteiger partial charge in [0.25, 0.3) is 5.56 Å². The maximum absolute atomic E-state index is 12.5. The van der Waals surface area contributed by atoms with Crippen LogP contribution in [-0.2, 0) is 13.5 Å². The zero-order chi connectivity index (χ0) is 17.7. The number of anilines is 1. The van der Waals surface area contributed by atoms with Gasteiger partial charge in [-0.1, -0.05) is 30.3 Å². The van der Waals surface area contributed by atoms with Crippen LogP contribution in [0.25, 0.3) is 0 Å². The van der Waals surface area contributed by atoms with E-state index in [0.29, 0.717) is 19.1 Å². The summed E-state index contributed by atoms with van der Waals surface area (Å²) in [5.41, 5.74) is 0.937. The van der Waals surface area contributed by atoms with Crippen LogP contribution >= 0.6 is 0 Å². The van der Waals surface area contributed by atoms with Gasteiger partial charge in [-0.05, 0) is 18.9 Å². The molecule has 1 heterocycles. The number of hydrogen-bond donors (Lipinski definition) is 0. The minimum atomic E-state index is -0.349. The van der Waals surface area contributed by atoms with Crippen molar-refractivity contribution in [1.82, 2.24) is 9.55 Å². The van der Waals surface area contributed by atoms with E-state index < -0.39 is 0 Å². The van der Waals surface area contributed by atoms with Crippen LogP contribution in [-0.4, -0.2) is 35.5 Å². The van der Waals surface area contributed by atoms with Crippen molar-refractivity contribution in [2.75, 3.05) is 25.1 Å². The topological polar surface area (TPSA) is 64.4 Å². The summed E-state index contributed by atoms with van der Waals surface area (Å²) in [7, 11) is 3.49. The zero-order valence-corrected chi connectivity index (χ0v) is 14.6. The number of Topliss-reactive ketones (excluding diaryl/α,β-unsaturated/α-hetero) is 1. The standard InChI is InChI=1S/C18H23N3O3/c1-5-24-16-15(13(2)22)19-18(21(4)17(16)23)20(3)12-11-14-9-7-6-8-10-14/h6-10H,5,11-12H2,1-4H3. The molecule has 1 aromatic heterocycles. The quantitative estimate of drug-likeness (QED) is 0.728. The molecule has 2 aromatic rings. The van der Waals surface area contributed by atoms with E-state index in [2.05, 4.69) is 17.1 Å². The van der Waals surface area contributed by atoms with E-state index in [1.807, 2.05) is 30.1 Å². The lowest BCUT2D eigenvalue weighted by molar-refractivity contribution is 0.100. The third-order valence-corrected chi connectivity index (χ3v) is 3.77. The number of aromatic nitrogens is 2. The molecule has 6 heteroatoms. The van der Waals surface area contributed by atoms with Crippen LogP contribution in [0.4, 0.5) is 5.95 Å². The second-order valence-electron chi connectivity index (χ2n) is 5.60. The molecule has 6 nitrogen and oxygen atoms in total. The Balaban J connectivity index is 2.32. The molecule has 128 valence electrons. The molecule has 0 radical (unpaired) electrons. The number of likely N-dealkylation sites (N-methyl/N-ethyl adjacent to an activating group) is 1. The number of carbonyl (C=O) groups excluding carboxylic acids is 1. The van der Waals surface area contributed by atoms with Gasteiger partial charge >= 0.3 is 0 Å². The highest BCUT2D eigenvalue weighted by molar-refractivity contribution is 5.95. The van der Waals surface area contributed by atoms with E-state index in [0.717, 1.165) is 6.42 Å². The summed E-state index contributed by atoms with van der Waals surface area (Å²) < 4.78 is 6.76. The van der Waals surface area contributed by atoms with Gasteiger partial charge in [0, 0.05) is 27.6 Å². The number of hydrogen-bond acceptors (Lipinski definition) is 5. The summed E-state index contributed by atoms with van der Waals surface area (Å²) in [6.07, 6.45) is 0.815. The number of ketones is 1. The maximum atomic E-state index is 12.5. The Morgan fingerprint density at radius 1 is 1.29 bits per heavy atom. The SMILES string of the molecule is CCOc1c(C(C)=O)nc(N(C)CCc2ccccc2)n(C)c1=O. The van der Waals surface area contributed by atoms with E-state index in [9.17, 15) is 9.59 Å². The molecule has 0 aliphatic rings. The van der Waals surface area contributed by atoms with E-state index in [1.54, 1.807) is 14.0 Å². The first-order valence-corrected chi connectivity index (χ1v) is 7.95. The Morgan fingerprint density at radius 3 is 2.54 bits per heavy atom. The van der Waals surface area contributed by atoms with Crippen LogP contribution in [0.3, 0.4) is 0 Å². The second-order valence-corrected chi connectivity index (χ2v) is 5.60. The van der Waals surface area contributed by atoms with Crippen LogP contribution < -0.4 is 15.2 Å². The third-order valence-electron chi connectivity index (χ3n) is 3.77. The highest BCUT2D eigenvalue weighted by atomic mass is 16.5. The smallest absolute Gasteiger partial charge is 0.297 e. The summed E-state index contributed by atoms with van der Waals surface area (Å²) >= 11 is 0. The van der Waals surface area contributed by atoms with Crippen molar-refractivity contribution < 1.29 is 9.53 Å². The molecule has 1 aromatic carbocycles. The molecule has 0 atom stereocenters. The lowest BCUT2D eigenvalue weighted by Crippen LogP contribution is -2.32. The van der Waals surface area contributed by atoms with Gasteiger partial charge in [0.2, 0.25) is 11.7 Å². The molecule has 0 saturated heterocycles. The van der Waals surface area contributed by atoms with Gasteiger partial charge < -0.3 is 9.64 Å². The Kier molecular flexibility index (Phi) is 5.73. The van der Waals surface area contributed by atoms with Crippen LogP contribution in [0.2, 0.25) is 0 Å². The summed E-state index contributed by atoms with van der Waals surface area (Å²) in [5, 5.41) is 0. The van der Waals surface area contributed by atoms with Crippen LogP contribution in [0.5, 0.6) is 5.75 Å². The highest BCUT2D eigenvalue weighted by Crippen LogP contribution is 2.17. The molecule has 0 bridgehead atoms. The summed E-state index contributed by atoms with van der Waals surface area (Å²) in [6, 6.07) is 10.1. The van der Waals surface area contributed by atoms with Crippen molar-refractivity contribution in [1.29, 1.82) is 0 Å². The summed E-state index contributed by atoms with van der Waals surface area (Å²) in [4.78, 5) is 30.6. The predicted octanol–water partition coefficient (Wildman–Crippen LogP) is 2.06. The maximum Gasteiger partial charge on any atom is 0.297 e. The minimum Gasteiger partial charge on any atom is -0.486 e. The van der Waals surface area contributed by atoms with E-state index >= 15 is 0 Å². The Morgan fingerprint density at radius 2 is 1.96 bits per heavy atom. The van der Waals surface area contributed by atoms with Gasteiger partial charge in [0.1, 0.15) is 0 Å². The first-order chi connectivity index (χ1) is 11.5. The molecule has 0 amide bonds. The molecule has 2 rings (SSSR count). The number of rotatable bonds is 7. The molecule has 0 aliphatic heterocycles. The van der Waals surface area contributed by atoms with Crippen LogP contribution in [0.15, 0.2) is 35.1 Å². The molecule has 0 aliphatic carbocycles. The molecular formula is C18H23N3O3. The van der Waals surface area contributed by atoms with Crippen molar-refractivity contribution in [3.05, 3.63) is 51.9 Å². The fraction of sp³-hybridized carbons (Fsp3) is 0.389. The average Bonchev–Trinajstić information content (AvgIpc) is 2.58. The number of nitrogens with zero attached hydrogens (tertiary/aromatic N) is 3. The molecule has 0 spiro atoms. The first kappa shape index (κ1) is 17.7. The van der Waals surface area contributed by atoms with Gasteiger partial charge in [-0.25, -0.2) is 4.98 Å². The van der Waals surface area contributed by atoms with Crippen LogP contribution in [0, 0.1) is 0 Å². The van der Waals surface area contributed by atoms with Gasteiger partial charge in [-0.2, -0.15) is 0 Å². The number of benzene rings is 1. The van der Waals surface area contributed by atoms with Crippen molar-refractivity contribution in [2.24, 2.45) is 7.05 Å². The average molecular weight is 329 g/mol. The lowest BCUT2D eigenvalue weighted by Gasteiger charge is -2.22. The Bertz CT molecular complexity index is 769. The van der Waals surface area contributed by atoms with Crippen LogP contribution in [0.1, 0.15) is 29.9 Å². The summed E-state index contributed by atoms with van der Waals surface area (Å²) in [6.45, 7) is 4.14. The van der Waals surface area contributed by atoms with E-state index in [1.165, 1.54) is 17.1 Å². The Hall–Kier alpha value is -2.63. The molecular weight excluding hydrogens is 306 g/mol. The van der Waals surface area contributed by atoms with Gasteiger partial charge in [-0.15, -0.1) is 0 Å². The molecule has 0 unspecified atom stereocenters. The number of ether oxygens (including phenoxy) is 1. The van der Waals surface area contributed by atoms with E-state index in [-0.39, 0.29) is 22.8 Å². The molecule has 0 fully saturated rings. The fourth-order valence-corrected chi connectivity index (χ4v) is 2.47. The summed E-state index contributed by atoms with van der Waals surface area (Å²) in [5.74, 6) is 0.186. The third kappa shape index (κ3) is 3.82. The van der Waals surface area contributed by atoms with Crippen molar-refractivity contribution in [2.45, 2.75) is 20.3 Å². The minimum absolute atomic E-state index is 0.0210. The van der Waals surface area contributed by atoms with Gasteiger partial charge in [0.05, 0.1) is 6.61 Å². The first-order valence-electron chi connectivity index (χ1n) is 7.95. The lowest BCUT2D eigenvalue weighted by atomic mass is 10.1. The largest absolute Gasteiger partial charge is 0.486 e. The zero-order valence-electron chi connectivity index (χ0n) is 14.6. The van der Waals surface area contributed by atoms with E-state index in [4.69, 9.17) is 4.74 Å². The molecule has 24 heavy (non-hydrogen) atoms. The van der Waals surface area contributed by atoms with Gasteiger partial charge in [0.15, 0.2) is 11.5 Å². The Labute approximate surface area is 141 Å². The van der Waals surface area contributed by atoms with Gasteiger partial charge in [-0.3, -0.25) is 14.2 Å². The van der Waals surface area contributed by atoms with Crippen molar-refractivity contribution in [3.8, 4) is 5.75 Å². The fourth-order valence-electron chi connectivity index (χ4n) is 2.47. The number of carbonyl (C=O) groups is 1. The normalized spacial score (nSPS) is 10.5. The predicted molar refractivity (Wildman–Crippen MR) is 94.1 cm³/mol. The second kappa shape index (κ2) is 7.77. The monoisotopic (exact) mass is 329 g/mol. The highest BCUT2D eigenvalue weighted by Gasteiger charge is 2.20. The molecule has 0 saturated carbocycles. The molecule has 0 N–H and O–H groups in total. The van der Waals surface area contributed by atoms with Crippen molar-refractivity contribution in [3.63, 3.8) is 0 Å².